The third-order valence-corrected chi connectivity index (χ3v) is 3.07. The lowest BCUT2D eigenvalue weighted by Crippen LogP contribution is -2.41. The number of halogens is 2. The SMILES string of the molecule is Cn1cc(NC(=O)NCC(C)(O)c2ccc(F)cc2F)cn1. The maximum absolute atomic E-state index is 13.7. The summed E-state index contributed by atoms with van der Waals surface area (Å²) in [6.45, 7) is 1.08. The van der Waals surface area contributed by atoms with Crippen LogP contribution in [0.4, 0.5) is 19.3 Å². The Morgan fingerprint density at radius 3 is 2.77 bits per heavy atom. The molecule has 2 amide bonds. The average molecular weight is 310 g/mol. The number of aromatic nitrogens is 2. The fraction of sp³-hybridized carbons (Fsp3) is 0.286. The van der Waals surface area contributed by atoms with Crippen LogP contribution < -0.4 is 10.6 Å². The summed E-state index contributed by atoms with van der Waals surface area (Å²) in [6.07, 6.45) is 3.05. The van der Waals surface area contributed by atoms with Gasteiger partial charge in [0.25, 0.3) is 0 Å². The fourth-order valence-electron chi connectivity index (χ4n) is 1.93. The van der Waals surface area contributed by atoms with Gasteiger partial charge < -0.3 is 15.7 Å². The molecule has 1 aromatic heterocycles. The van der Waals surface area contributed by atoms with Crippen molar-refractivity contribution in [2.24, 2.45) is 7.05 Å². The Hall–Kier alpha value is -2.48. The largest absolute Gasteiger partial charge is 0.383 e. The molecule has 1 heterocycles. The molecule has 6 nitrogen and oxygen atoms in total. The Bertz CT molecular complexity index is 685. The molecule has 1 aromatic carbocycles. The first-order valence-electron chi connectivity index (χ1n) is 6.49. The number of carbonyl (C=O) groups excluding carboxylic acids is 1. The van der Waals surface area contributed by atoms with E-state index in [0.29, 0.717) is 11.8 Å². The van der Waals surface area contributed by atoms with Crippen LogP contribution in [0.2, 0.25) is 0 Å². The molecule has 0 spiro atoms. The summed E-state index contributed by atoms with van der Waals surface area (Å²) in [5, 5.41) is 19.1. The number of amides is 2. The lowest BCUT2D eigenvalue weighted by atomic mass is 9.95. The normalized spacial score (nSPS) is 13.5. The number of urea groups is 1. The van der Waals surface area contributed by atoms with Gasteiger partial charge in [0, 0.05) is 24.9 Å². The van der Waals surface area contributed by atoms with Crippen LogP contribution in [0.1, 0.15) is 12.5 Å². The van der Waals surface area contributed by atoms with Crippen molar-refractivity contribution in [1.29, 1.82) is 0 Å². The van der Waals surface area contributed by atoms with E-state index in [1.807, 2.05) is 0 Å². The summed E-state index contributed by atoms with van der Waals surface area (Å²) in [6, 6.07) is 2.30. The molecule has 8 heteroatoms. The van der Waals surface area contributed by atoms with Gasteiger partial charge in [0.2, 0.25) is 0 Å². The molecule has 0 aliphatic rings. The van der Waals surface area contributed by atoms with E-state index in [2.05, 4.69) is 15.7 Å². The van der Waals surface area contributed by atoms with E-state index < -0.39 is 23.3 Å². The summed E-state index contributed by atoms with van der Waals surface area (Å²) in [5.74, 6) is -1.61. The lowest BCUT2D eigenvalue weighted by molar-refractivity contribution is 0.0561. The lowest BCUT2D eigenvalue weighted by Gasteiger charge is -2.24. The Kier molecular flexibility index (Phi) is 4.41. The number of aliphatic hydroxyl groups is 1. The van der Waals surface area contributed by atoms with Crippen LogP contribution in [0.15, 0.2) is 30.6 Å². The van der Waals surface area contributed by atoms with Crippen molar-refractivity contribution in [1.82, 2.24) is 15.1 Å². The average Bonchev–Trinajstić information content (AvgIpc) is 2.81. The zero-order valence-corrected chi connectivity index (χ0v) is 12.1. The standard InChI is InChI=1S/C14H16F2N4O2/c1-14(22,11-4-3-9(15)5-12(11)16)8-17-13(21)19-10-6-18-20(2)7-10/h3-7,22H,8H2,1-2H3,(H2,17,19,21). The molecular weight excluding hydrogens is 294 g/mol. The zero-order chi connectivity index (χ0) is 16.3. The van der Waals surface area contributed by atoms with Crippen molar-refractivity contribution in [2.45, 2.75) is 12.5 Å². The first-order chi connectivity index (χ1) is 10.3. The Morgan fingerprint density at radius 1 is 1.45 bits per heavy atom. The number of benzene rings is 1. The molecule has 0 bridgehead atoms. The molecule has 0 fully saturated rings. The topological polar surface area (TPSA) is 79.2 Å². The van der Waals surface area contributed by atoms with Crippen LogP contribution in [-0.2, 0) is 12.6 Å². The van der Waals surface area contributed by atoms with Crippen LogP contribution in [0, 0.1) is 11.6 Å². The molecule has 0 aliphatic heterocycles. The van der Waals surface area contributed by atoms with Gasteiger partial charge in [-0.25, -0.2) is 13.6 Å². The third kappa shape index (κ3) is 3.79. The number of hydrogen-bond acceptors (Lipinski definition) is 3. The van der Waals surface area contributed by atoms with E-state index >= 15 is 0 Å². The van der Waals surface area contributed by atoms with Crippen molar-refractivity contribution in [2.75, 3.05) is 11.9 Å². The number of nitrogens with zero attached hydrogens (tertiary/aromatic N) is 2. The van der Waals surface area contributed by atoms with Crippen LogP contribution in [0.25, 0.3) is 0 Å². The number of anilines is 1. The number of rotatable bonds is 4. The summed E-state index contributed by atoms with van der Waals surface area (Å²) in [5.41, 5.74) is -1.30. The highest BCUT2D eigenvalue weighted by molar-refractivity contribution is 5.88. The minimum Gasteiger partial charge on any atom is -0.383 e. The molecule has 22 heavy (non-hydrogen) atoms. The quantitative estimate of drug-likeness (QED) is 0.804. The van der Waals surface area contributed by atoms with Crippen LogP contribution in [0.5, 0.6) is 0 Å². The smallest absolute Gasteiger partial charge is 0.319 e. The summed E-state index contributed by atoms with van der Waals surface area (Å²) >= 11 is 0. The number of nitrogens with one attached hydrogen (secondary N) is 2. The first-order valence-corrected chi connectivity index (χ1v) is 6.49. The molecule has 0 aliphatic carbocycles. The van der Waals surface area contributed by atoms with Crippen molar-refractivity contribution in [3.8, 4) is 0 Å². The molecule has 1 unspecified atom stereocenters. The second-order valence-electron chi connectivity index (χ2n) is 5.11. The van der Waals surface area contributed by atoms with Gasteiger partial charge in [-0.1, -0.05) is 6.07 Å². The minimum absolute atomic E-state index is 0.101. The molecule has 0 saturated carbocycles. The fourth-order valence-corrected chi connectivity index (χ4v) is 1.93. The highest BCUT2D eigenvalue weighted by atomic mass is 19.1. The predicted molar refractivity (Wildman–Crippen MR) is 76.2 cm³/mol. The van der Waals surface area contributed by atoms with E-state index in [9.17, 15) is 18.7 Å². The van der Waals surface area contributed by atoms with E-state index in [-0.39, 0.29) is 12.1 Å². The van der Waals surface area contributed by atoms with Gasteiger partial charge in [0.1, 0.15) is 17.2 Å². The minimum atomic E-state index is -1.68. The maximum Gasteiger partial charge on any atom is 0.319 e. The van der Waals surface area contributed by atoms with Gasteiger partial charge in [-0.15, -0.1) is 0 Å². The monoisotopic (exact) mass is 310 g/mol. The van der Waals surface area contributed by atoms with Gasteiger partial charge in [0.05, 0.1) is 18.4 Å². The van der Waals surface area contributed by atoms with E-state index in [1.54, 1.807) is 13.2 Å². The van der Waals surface area contributed by atoms with Gasteiger partial charge in [-0.3, -0.25) is 4.68 Å². The first kappa shape index (κ1) is 15.9. The maximum atomic E-state index is 13.7. The molecular formula is C14H16F2N4O2. The van der Waals surface area contributed by atoms with Gasteiger partial charge >= 0.3 is 6.03 Å². The Morgan fingerprint density at radius 2 is 2.18 bits per heavy atom. The molecule has 0 radical (unpaired) electrons. The molecule has 2 rings (SSSR count). The predicted octanol–water partition coefficient (Wildman–Crippen LogP) is 1.73. The van der Waals surface area contributed by atoms with Crippen molar-refractivity contribution >= 4 is 11.7 Å². The van der Waals surface area contributed by atoms with Crippen LogP contribution in [-0.4, -0.2) is 27.5 Å². The van der Waals surface area contributed by atoms with Crippen molar-refractivity contribution in [3.63, 3.8) is 0 Å². The third-order valence-electron chi connectivity index (χ3n) is 3.07. The molecule has 0 saturated heterocycles. The number of aryl methyl sites for hydroxylation is 1. The van der Waals surface area contributed by atoms with Crippen molar-refractivity contribution in [3.05, 3.63) is 47.8 Å². The van der Waals surface area contributed by atoms with Gasteiger partial charge in [-0.2, -0.15) is 5.10 Å². The van der Waals surface area contributed by atoms with Crippen molar-refractivity contribution < 1.29 is 18.7 Å². The molecule has 1 atom stereocenters. The molecule has 3 N–H and O–H groups in total. The summed E-state index contributed by atoms with van der Waals surface area (Å²) in [4.78, 5) is 11.7. The number of carbonyl (C=O) groups is 1. The number of hydrogen-bond donors (Lipinski definition) is 3. The second kappa shape index (κ2) is 6.10. The van der Waals surface area contributed by atoms with E-state index in [4.69, 9.17) is 0 Å². The van der Waals surface area contributed by atoms with E-state index in [0.717, 1.165) is 12.1 Å². The molecule has 118 valence electrons. The summed E-state index contributed by atoms with van der Waals surface area (Å²) in [7, 11) is 1.70. The zero-order valence-electron chi connectivity index (χ0n) is 12.1. The Labute approximate surface area is 125 Å². The Balaban J connectivity index is 1.98. The van der Waals surface area contributed by atoms with Crippen LogP contribution >= 0.6 is 0 Å². The van der Waals surface area contributed by atoms with Crippen LogP contribution in [0.3, 0.4) is 0 Å². The molecule has 2 aromatic rings. The highest BCUT2D eigenvalue weighted by Gasteiger charge is 2.27. The second-order valence-corrected chi connectivity index (χ2v) is 5.11. The van der Waals surface area contributed by atoms with Gasteiger partial charge in [-0.05, 0) is 13.0 Å². The highest BCUT2D eigenvalue weighted by Crippen LogP contribution is 2.23. The summed E-state index contributed by atoms with van der Waals surface area (Å²) < 4.78 is 28.1. The van der Waals surface area contributed by atoms with E-state index in [1.165, 1.54) is 17.8 Å². The van der Waals surface area contributed by atoms with Gasteiger partial charge in [0.15, 0.2) is 0 Å².